The molecule has 1 atom stereocenters. The van der Waals surface area contributed by atoms with Crippen LogP contribution in [0.5, 0.6) is 0 Å². The monoisotopic (exact) mass is 205 g/mol. The van der Waals surface area contributed by atoms with Crippen LogP contribution < -0.4 is 5.32 Å². The van der Waals surface area contributed by atoms with Crippen molar-refractivity contribution < 1.29 is 24.2 Å². The van der Waals surface area contributed by atoms with E-state index in [1.54, 1.807) is 13.8 Å². The van der Waals surface area contributed by atoms with E-state index in [1.807, 2.05) is 0 Å². The minimum Gasteiger partial charge on any atom is -0.480 e. The maximum absolute atomic E-state index is 10.7. The molecule has 1 amide bonds. The second-order valence-corrected chi connectivity index (χ2v) is 2.38. The first-order valence-electron chi connectivity index (χ1n) is 4.33. The van der Waals surface area contributed by atoms with Gasteiger partial charge in [0.05, 0.1) is 0 Å². The van der Waals surface area contributed by atoms with Crippen LogP contribution >= 0.6 is 0 Å². The molecule has 14 heavy (non-hydrogen) atoms. The van der Waals surface area contributed by atoms with Crippen LogP contribution in [0.4, 0.5) is 0 Å². The van der Waals surface area contributed by atoms with E-state index in [0.717, 1.165) is 0 Å². The summed E-state index contributed by atoms with van der Waals surface area (Å²) < 4.78 is 10.1. The number of carbonyl (C=O) groups is 2. The number of carboxylic acids is 1. The summed E-state index contributed by atoms with van der Waals surface area (Å²) in [6.07, 6.45) is -0.642. The first kappa shape index (κ1) is 12.9. The van der Waals surface area contributed by atoms with Crippen molar-refractivity contribution in [3.05, 3.63) is 0 Å². The van der Waals surface area contributed by atoms with Gasteiger partial charge >= 0.3 is 5.97 Å². The molecule has 0 radical (unpaired) electrons. The summed E-state index contributed by atoms with van der Waals surface area (Å²) in [5.74, 6) is -1.19. The molecule has 0 aromatic carbocycles. The van der Waals surface area contributed by atoms with Gasteiger partial charge < -0.3 is 19.9 Å². The van der Waals surface area contributed by atoms with Crippen molar-refractivity contribution in [2.24, 2.45) is 0 Å². The van der Waals surface area contributed by atoms with Gasteiger partial charge in [-0.15, -0.1) is 0 Å². The van der Waals surface area contributed by atoms with Gasteiger partial charge in [0.25, 0.3) is 0 Å². The molecule has 0 saturated heterocycles. The van der Waals surface area contributed by atoms with E-state index < -0.39 is 18.3 Å². The summed E-state index contributed by atoms with van der Waals surface area (Å²) in [7, 11) is 0. The molecule has 0 unspecified atom stereocenters. The molecular weight excluding hydrogens is 190 g/mol. The Morgan fingerprint density at radius 1 is 1.43 bits per heavy atom. The van der Waals surface area contributed by atoms with Crippen LogP contribution in [0.2, 0.25) is 0 Å². The molecule has 82 valence electrons. The highest BCUT2D eigenvalue weighted by Crippen LogP contribution is 2.02. The molecule has 0 heterocycles. The van der Waals surface area contributed by atoms with Gasteiger partial charge in [-0.25, -0.2) is 4.79 Å². The normalized spacial score (nSPS) is 12.5. The standard InChI is InChI=1S/C8H15NO5/c1-3-13-8(14-4-2)6(7(11)12)9-5-10/h5-6,8H,3-4H2,1-2H3,(H,9,10)(H,11,12)/t6-/m0/s1. The van der Waals surface area contributed by atoms with E-state index in [1.165, 1.54) is 0 Å². The number of hydrogen-bond donors (Lipinski definition) is 2. The second-order valence-electron chi connectivity index (χ2n) is 2.38. The number of carbonyl (C=O) groups excluding carboxylic acids is 1. The lowest BCUT2D eigenvalue weighted by Crippen LogP contribution is -2.48. The largest absolute Gasteiger partial charge is 0.480 e. The first-order valence-corrected chi connectivity index (χ1v) is 4.33. The minimum atomic E-state index is -1.19. The average Bonchev–Trinajstić information content (AvgIpc) is 2.13. The molecule has 0 aliphatic rings. The third-order valence-corrected chi connectivity index (χ3v) is 1.45. The van der Waals surface area contributed by atoms with Crippen molar-refractivity contribution in [1.29, 1.82) is 0 Å². The van der Waals surface area contributed by atoms with E-state index in [-0.39, 0.29) is 0 Å². The summed E-state index contributed by atoms with van der Waals surface area (Å²) in [4.78, 5) is 20.8. The van der Waals surface area contributed by atoms with E-state index in [4.69, 9.17) is 14.6 Å². The number of ether oxygens (including phenoxy) is 2. The Morgan fingerprint density at radius 3 is 2.21 bits per heavy atom. The van der Waals surface area contributed by atoms with Gasteiger partial charge in [0, 0.05) is 13.2 Å². The molecule has 0 aliphatic carbocycles. The van der Waals surface area contributed by atoms with Crippen molar-refractivity contribution in [2.75, 3.05) is 13.2 Å². The van der Waals surface area contributed by atoms with E-state index in [0.29, 0.717) is 19.6 Å². The van der Waals surface area contributed by atoms with Crippen LogP contribution in [-0.4, -0.2) is 43.0 Å². The Morgan fingerprint density at radius 2 is 1.93 bits per heavy atom. The van der Waals surface area contributed by atoms with Crippen LogP contribution in [0.15, 0.2) is 0 Å². The third kappa shape index (κ3) is 4.20. The Hall–Kier alpha value is -1.14. The van der Waals surface area contributed by atoms with Gasteiger partial charge in [0.1, 0.15) is 0 Å². The lowest BCUT2D eigenvalue weighted by Gasteiger charge is -2.22. The molecule has 2 N–H and O–H groups in total. The van der Waals surface area contributed by atoms with Gasteiger partial charge in [0.15, 0.2) is 12.3 Å². The van der Waals surface area contributed by atoms with Crippen LogP contribution in [0, 0.1) is 0 Å². The second kappa shape index (κ2) is 7.28. The van der Waals surface area contributed by atoms with Crippen LogP contribution in [0.1, 0.15) is 13.8 Å². The summed E-state index contributed by atoms with van der Waals surface area (Å²) in [5, 5.41) is 10.9. The summed E-state index contributed by atoms with van der Waals surface area (Å²) in [5.41, 5.74) is 0. The summed E-state index contributed by atoms with van der Waals surface area (Å²) >= 11 is 0. The van der Waals surface area contributed by atoms with Gasteiger partial charge in [-0.3, -0.25) is 4.79 Å². The fraction of sp³-hybridized carbons (Fsp3) is 0.750. The van der Waals surface area contributed by atoms with E-state index in [2.05, 4.69) is 5.32 Å². The number of hydrogen-bond acceptors (Lipinski definition) is 4. The van der Waals surface area contributed by atoms with Crippen molar-refractivity contribution in [1.82, 2.24) is 5.32 Å². The topological polar surface area (TPSA) is 84.9 Å². The number of carboxylic acid groups (broad SMARTS) is 1. The Bertz CT molecular complexity index is 179. The zero-order valence-corrected chi connectivity index (χ0v) is 8.23. The summed E-state index contributed by atoms with van der Waals surface area (Å²) in [6, 6.07) is -1.17. The number of aliphatic carboxylic acids is 1. The molecule has 0 rings (SSSR count). The lowest BCUT2D eigenvalue weighted by molar-refractivity contribution is -0.175. The fourth-order valence-electron chi connectivity index (χ4n) is 0.909. The van der Waals surface area contributed by atoms with Gasteiger partial charge in [-0.1, -0.05) is 0 Å². The molecule has 0 aromatic heterocycles. The molecule has 0 aliphatic heterocycles. The van der Waals surface area contributed by atoms with Crippen molar-refractivity contribution in [3.63, 3.8) is 0 Å². The smallest absolute Gasteiger partial charge is 0.331 e. The molecule has 0 fully saturated rings. The van der Waals surface area contributed by atoms with Crippen molar-refractivity contribution >= 4 is 12.4 Å². The predicted octanol–water partition coefficient (Wildman–Crippen LogP) is -0.415. The minimum absolute atomic E-state index is 0.309. The van der Waals surface area contributed by atoms with Crippen molar-refractivity contribution in [3.8, 4) is 0 Å². The van der Waals surface area contributed by atoms with Crippen LogP contribution in [0.25, 0.3) is 0 Å². The lowest BCUT2D eigenvalue weighted by atomic mass is 10.3. The number of amides is 1. The maximum Gasteiger partial charge on any atom is 0.331 e. The molecule has 6 heteroatoms. The highest BCUT2D eigenvalue weighted by atomic mass is 16.7. The molecule has 0 bridgehead atoms. The summed E-state index contributed by atoms with van der Waals surface area (Å²) in [6.45, 7) is 4.06. The Balaban J connectivity index is 4.36. The first-order chi connectivity index (χ1) is 6.67. The zero-order chi connectivity index (χ0) is 11.0. The van der Waals surface area contributed by atoms with E-state index >= 15 is 0 Å². The van der Waals surface area contributed by atoms with Crippen LogP contribution in [-0.2, 0) is 19.1 Å². The highest BCUT2D eigenvalue weighted by Gasteiger charge is 2.28. The molecule has 0 spiro atoms. The number of nitrogens with one attached hydrogen (secondary N) is 1. The zero-order valence-electron chi connectivity index (χ0n) is 8.23. The Kier molecular flexibility index (Phi) is 6.69. The van der Waals surface area contributed by atoms with Gasteiger partial charge in [-0.2, -0.15) is 0 Å². The number of rotatable bonds is 8. The highest BCUT2D eigenvalue weighted by molar-refractivity contribution is 5.76. The van der Waals surface area contributed by atoms with E-state index in [9.17, 15) is 9.59 Å². The van der Waals surface area contributed by atoms with Crippen molar-refractivity contribution in [2.45, 2.75) is 26.2 Å². The fourth-order valence-corrected chi connectivity index (χ4v) is 0.909. The third-order valence-electron chi connectivity index (χ3n) is 1.45. The molecule has 0 aromatic rings. The van der Waals surface area contributed by atoms with Gasteiger partial charge in [0.2, 0.25) is 6.41 Å². The van der Waals surface area contributed by atoms with Crippen LogP contribution in [0.3, 0.4) is 0 Å². The average molecular weight is 205 g/mol. The molecule has 0 saturated carbocycles. The predicted molar refractivity (Wildman–Crippen MR) is 47.7 cm³/mol. The molecule has 6 nitrogen and oxygen atoms in total. The van der Waals surface area contributed by atoms with Gasteiger partial charge in [-0.05, 0) is 13.8 Å². The quantitative estimate of drug-likeness (QED) is 0.415. The molecular formula is C8H15NO5. The Labute approximate surface area is 82.2 Å². The SMILES string of the molecule is CCOC(OCC)[C@@H](NC=O)C(=O)O. The maximum atomic E-state index is 10.7.